The molecule has 0 bridgehead atoms. The van der Waals surface area contributed by atoms with E-state index < -0.39 is 35.3 Å². The summed E-state index contributed by atoms with van der Waals surface area (Å²) in [7, 11) is 0. The lowest BCUT2D eigenvalue weighted by Crippen LogP contribution is -2.32. The minimum Gasteiger partial charge on any atom is -0.550 e. The summed E-state index contributed by atoms with van der Waals surface area (Å²) in [6.45, 7) is -0.0156. The average molecular weight is 383 g/mol. The molecule has 0 spiro atoms. The zero-order valence-electron chi connectivity index (χ0n) is 14.7. The van der Waals surface area contributed by atoms with Crippen molar-refractivity contribution in [1.29, 1.82) is 0 Å². The van der Waals surface area contributed by atoms with E-state index in [-0.39, 0.29) is 30.5 Å². The van der Waals surface area contributed by atoms with Crippen LogP contribution in [-0.2, 0) is 14.4 Å². The third kappa shape index (κ3) is 3.75. The number of likely N-dealkylation sites (tertiary alicyclic amines) is 1. The van der Waals surface area contributed by atoms with E-state index in [0.29, 0.717) is 5.56 Å². The standard InChI is InChI=1S/C20H17FN2O5/c21-14-7-5-12(6-8-14)18(26)16-17(13-3-1-9-22-11-13)23(20(28)19(16)27)10-2-4-15(24)25/h1,3,5-9,11,17,26H,2,4,10H2,(H,24,25)/p-1/t17-/m1/s1. The quantitative estimate of drug-likeness (QED) is 0.455. The number of aliphatic carboxylic acids is 1. The fraction of sp³-hybridized carbons (Fsp3) is 0.200. The minimum absolute atomic E-state index is 0.0156. The van der Waals surface area contributed by atoms with Crippen molar-refractivity contribution in [2.75, 3.05) is 6.54 Å². The second-order valence-corrected chi connectivity index (χ2v) is 6.26. The molecule has 1 aromatic carbocycles. The summed E-state index contributed by atoms with van der Waals surface area (Å²) in [5, 5.41) is 21.4. The number of nitrogens with zero attached hydrogens (tertiary/aromatic N) is 2. The molecule has 1 fully saturated rings. The maximum atomic E-state index is 13.2. The molecule has 0 unspecified atom stereocenters. The number of carboxylic acid groups (broad SMARTS) is 1. The zero-order chi connectivity index (χ0) is 20.3. The number of aliphatic hydroxyl groups excluding tert-OH is 1. The Labute approximate surface area is 159 Å². The van der Waals surface area contributed by atoms with Crippen LogP contribution in [0.4, 0.5) is 4.39 Å². The van der Waals surface area contributed by atoms with Crippen molar-refractivity contribution < 1.29 is 29.0 Å². The van der Waals surface area contributed by atoms with Gasteiger partial charge in [0.2, 0.25) is 0 Å². The molecule has 0 aliphatic carbocycles. The lowest BCUT2D eigenvalue weighted by Gasteiger charge is -2.25. The van der Waals surface area contributed by atoms with Crippen LogP contribution in [0.25, 0.3) is 5.76 Å². The van der Waals surface area contributed by atoms with Crippen LogP contribution in [-0.4, -0.2) is 39.2 Å². The Hall–Kier alpha value is -3.55. The molecule has 1 atom stereocenters. The lowest BCUT2D eigenvalue weighted by molar-refractivity contribution is -0.305. The first-order valence-corrected chi connectivity index (χ1v) is 8.54. The molecule has 2 aromatic rings. The summed E-state index contributed by atoms with van der Waals surface area (Å²) >= 11 is 0. The Morgan fingerprint density at radius 2 is 1.93 bits per heavy atom. The summed E-state index contributed by atoms with van der Waals surface area (Å²) in [4.78, 5) is 41.1. The predicted molar refractivity (Wildman–Crippen MR) is 93.9 cm³/mol. The van der Waals surface area contributed by atoms with Gasteiger partial charge in [-0.1, -0.05) is 6.07 Å². The van der Waals surface area contributed by atoms with Crippen LogP contribution in [0.15, 0.2) is 54.4 Å². The first kappa shape index (κ1) is 19.2. The predicted octanol–water partition coefficient (Wildman–Crippen LogP) is 1.17. The molecule has 1 aliphatic heterocycles. The van der Waals surface area contributed by atoms with Crippen LogP contribution in [0.3, 0.4) is 0 Å². The highest BCUT2D eigenvalue weighted by atomic mass is 19.1. The summed E-state index contributed by atoms with van der Waals surface area (Å²) in [5.74, 6) is -3.96. The Balaban J connectivity index is 2.07. The zero-order valence-corrected chi connectivity index (χ0v) is 14.7. The van der Waals surface area contributed by atoms with Gasteiger partial charge in [0, 0.05) is 30.5 Å². The number of carbonyl (C=O) groups is 3. The molecule has 7 nitrogen and oxygen atoms in total. The van der Waals surface area contributed by atoms with Gasteiger partial charge in [-0.05, 0) is 48.7 Å². The topological polar surface area (TPSA) is 111 Å². The lowest BCUT2D eigenvalue weighted by atomic mass is 9.96. The molecular formula is C20H16FN2O5-. The van der Waals surface area contributed by atoms with Gasteiger partial charge in [0.15, 0.2) is 0 Å². The first-order chi connectivity index (χ1) is 13.4. The number of pyridine rings is 1. The van der Waals surface area contributed by atoms with Gasteiger partial charge >= 0.3 is 0 Å². The number of amides is 1. The average Bonchev–Trinajstić information content (AvgIpc) is 2.93. The summed E-state index contributed by atoms with van der Waals surface area (Å²) < 4.78 is 13.2. The third-order valence-corrected chi connectivity index (χ3v) is 4.44. The van der Waals surface area contributed by atoms with Crippen LogP contribution >= 0.6 is 0 Å². The number of hydrogen-bond acceptors (Lipinski definition) is 6. The van der Waals surface area contributed by atoms with Crippen molar-refractivity contribution in [2.24, 2.45) is 0 Å². The second kappa shape index (κ2) is 7.99. The van der Waals surface area contributed by atoms with Crippen LogP contribution in [0.2, 0.25) is 0 Å². The largest absolute Gasteiger partial charge is 0.550 e. The van der Waals surface area contributed by atoms with Crippen molar-refractivity contribution in [3.8, 4) is 0 Å². The highest BCUT2D eigenvalue weighted by molar-refractivity contribution is 6.46. The molecule has 2 heterocycles. The fourth-order valence-corrected chi connectivity index (χ4v) is 3.15. The number of rotatable bonds is 6. The Kier molecular flexibility index (Phi) is 5.49. The maximum absolute atomic E-state index is 13.2. The van der Waals surface area contributed by atoms with E-state index in [1.807, 2.05) is 0 Å². The van der Waals surface area contributed by atoms with E-state index in [0.717, 1.165) is 12.1 Å². The maximum Gasteiger partial charge on any atom is 0.295 e. The number of carboxylic acids is 1. The fourth-order valence-electron chi connectivity index (χ4n) is 3.15. The molecular weight excluding hydrogens is 367 g/mol. The van der Waals surface area contributed by atoms with Gasteiger partial charge in [-0.2, -0.15) is 0 Å². The van der Waals surface area contributed by atoms with Crippen LogP contribution in [0.1, 0.15) is 30.0 Å². The number of hydrogen-bond donors (Lipinski definition) is 1. The number of benzene rings is 1. The molecule has 144 valence electrons. The van der Waals surface area contributed by atoms with E-state index in [9.17, 15) is 29.0 Å². The van der Waals surface area contributed by atoms with Crippen molar-refractivity contribution >= 4 is 23.4 Å². The molecule has 1 N–H and O–H groups in total. The normalized spacial score (nSPS) is 18.5. The molecule has 1 aromatic heterocycles. The molecule has 8 heteroatoms. The Morgan fingerprint density at radius 3 is 2.54 bits per heavy atom. The SMILES string of the molecule is O=C([O-])CCCN1C(=O)C(=O)C(=C(O)c2ccc(F)cc2)[C@H]1c1cccnc1. The second-order valence-electron chi connectivity index (χ2n) is 6.26. The summed E-state index contributed by atoms with van der Waals surface area (Å²) in [6, 6.07) is 7.19. The summed E-state index contributed by atoms with van der Waals surface area (Å²) in [6.07, 6.45) is 2.79. The highest BCUT2D eigenvalue weighted by Crippen LogP contribution is 2.39. The van der Waals surface area contributed by atoms with Crippen molar-refractivity contribution in [3.05, 3.63) is 71.3 Å². The van der Waals surface area contributed by atoms with Crippen LogP contribution in [0, 0.1) is 5.82 Å². The molecule has 3 rings (SSSR count). The molecule has 1 saturated heterocycles. The monoisotopic (exact) mass is 383 g/mol. The van der Waals surface area contributed by atoms with E-state index in [1.165, 1.54) is 29.4 Å². The van der Waals surface area contributed by atoms with Gasteiger partial charge in [0.05, 0.1) is 11.6 Å². The van der Waals surface area contributed by atoms with Gasteiger partial charge in [-0.25, -0.2) is 4.39 Å². The van der Waals surface area contributed by atoms with E-state index >= 15 is 0 Å². The van der Waals surface area contributed by atoms with Crippen LogP contribution in [0.5, 0.6) is 0 Å². The molecule has 0 saturated carbocycles. The van der Waals surface area contributed by atoms with Crippen molar-refractivity contribution in [1.82, 2.24) is 9.88 Å². The minimum atomic E-state index is -1.26. The van der Waals surface area contributed by atoms with Crippen molar-refractivity contribution in [2.45, 2.75) is 18.9 Å². The van der Waals surface area contributed by atoms with E-state index in [1.54, 1.807) is 12.1 Å². The third-order valence-electron chi connectivity index (χ3n) is 4.44. The van der Waals surface area contributed by atoms with Gasteiger partial charge < -0.3 is 19.9 Å². The van der Waals surface area contributed by atoms with Gasteiger partial charge in [0.1, 0.15) is 11.6 Å². The number of carbonyl (C=O) groups excluding carboxylic acids is 3. The highest BCUT2D eigenvalue weighted by Gasteiger charge is 2.45. The van der Waals surface area contributed by atoms with Gasteiger partial charge in [0.25, 0.3) is 11.7 Å². The number of aliphatic hydroxyl groups is 1. The number of Topliss-reactive ketones (excluding diaryl/α,β-unsaturated/α-hetero) is 1. The first-order valence-electron chi connectivity index (χ1n) is 8.54. The number of aromatic nitrogens is 1. The van der Waals surface area contributed by atoms with E-state index in [4.69, 9.17) is 0 Å². The Bertz CT molecular complexity index is 941. The van der Waals surface area contributed by atoms with Gasteiger partial charge in [-0.3, -0.25) is 14.6 Å². The van der Waals surface area contributed by atoms with Gasteiger partial charge in [-0.15, -0.1) is 0 Å². The Morgan fingerprint density at radius 1 is 1.21 bits per heavy atom. The van der Waals surface area contributed by atoms with Crippen LogP contribution < -0.4 is 5.11 Å². The smallest absolute Gasteiger partial charge is 0.295 e. The molecule has 28 heavy (non-hydrogen) atoms. The molecule has 1 amide bonds. The molecule has 1 aliphatic rings. The van der Waals surface area contributed by atoms with E-state index in [2.05, 4.69) is 4.98 Å². The number of halogens is 1. The molecule has 0 radical (unpaired) electrons. The summed E-state index contributed by atoms with van der Waals surface area (Å²) in [5.41, 5.74) is 0.514. The number of ketones is 1. The van der Waals surface area contributed by atoms with Crippen molar-refractivity contribution in [3.63, 3.8) is 0 Å².